The molecule has 1 atom stereocenters. The fraction of sp³-hybridized carbons (Fsp3) is 0.333. The molecule has 0 amide bonds. The zero-order valence-electron chi connectivity index (χ0n) is 11.3. The van der Waals surface area contributed by atoms with E-state index in [0.29, 0.717) is 0 Å². The Bertz CT molecular complexity index is 502. The Morgan fingerprint density at radius 3 is 2.84 bits per heavy atom. The number of likely N-dealkylation sites (N-methyl/N-ethyl adjacent to an activating group) is 1. The lowest BCUT2D eigenvalue weighted by Crippen LogP contribution is -2.23. The van der Waals surface area contributed by atoms with E-state index >= 15 is 0 Å². The van der Waals surface area contributed by atoms with Crippen molar-refractivity contribution < 1.29 is 4.74 Å². The second-order valence-electron chi connectivity index (χ2n) is 4.33. The van der Waals surface area contributed by atoms with Gasteiger partial charge >= 0.3 is 0 Å². The zero-order valence-corrected chi connectivity index (χ0v) is 11.3. The molecule has 0 radical (unpaired) electrons. The van der Waals surface area contributed by atoms with Gasteiger partial charge < -0.3 is 10.1 Å². The van der Waals surface area contributed by atoms with Crippen LogP contribution in [0.5, 0.6) is 5.75 Å². The van der Waals surface area contributed by atoms with Gasteiger partial charge in [-0.05, 0) is 36.2 Å². The number of nitrogens with one attached hydrogen (secondary N) is 1. The van der Waals surface area contributed by atoms with E-state index in [1.54, 1.807) is 19.5 Å². The highest BCUT2D eigenvalue weighted by Crippen LogP contribution is 2.21. The monoisotopic (exact) mass is 257 g/mol. The third kappa shape index (κ3) is 3.76. The first-order valence-electron chi connectivity index (χ1n) is 6.44. The molecule has 0 saturated carbocycles. The van der Waals surface area contributed by atoms with Gasteiger partial charge in [0.2, 0.25) is 0 Å². The second-order valence-corrected chi connectivity index (χ2v) is 4.33. The molecular weight excluding hydrogens is 238 g/mol. The maximum atomic E-state index is 5.23. The van der Waals surface area contributed by atoms with Gasteiger partial charge in [0.25, 0.3) is 0 Å². The van der Waals surface area contributed by atoms with Crippen LogP contribution in [0.2, 0.25) is 0 Å². The minimum Gasteiger partial charge on any atom is -0.495 e. The lowest BCUT2D eigenvalue weighted by Gasteiger charge is -2.18. The number of pyridine rings is 2. The normalized spacial score (nSPS) is 12.1. The van der Waals surface area contributed by atoms with Crippen LogP contribution in [-0.4, -0.2) is 23.6 Å². The van der Waals surface area contributed by atoms with E-state index in [2.05, 4.69) is 28.3 Å². The van der Waals surface area contributed by atoms with E-state index in [9.17, 15) is 0 Å². The molecule has 0 fully saturated rings. The molecule has 0 aromatic carbocycles. The summed E-state index contributed by atoms with van der Waals surface area (Å²) < 4.78 is 5.23. The van der Waals surface area contributed by atoms with Gasteiger partial charge in [0.05, 0.1) is 13.3 Å². The predicted molar refractivity (Wildman–Crippen MR) is 75.1 cm³/mol. The summed E-state index contributed by atoms with van der Waals surface area (Å²) in [5.41, 5.74) is 2.33. The van der Waals surface area contributed by atoms with Crippen LogP contribution in [0.25, 0.3) is 0 Å². The number of nitrogens with zero attached hydrogens (tertiary/aromatic N) is 2. The van der Waals surface area contributed by atoms with Gasteiger partial charge in [-0.1, -0.05) is 13.0 Å². The quantitative estimate of drug-likeness (QED) is 0.863. The largest absolute Gasteiger partial charge is 0.495 e. The van der Waals surface area contributed by atoms with Crippen LogP contribution >= 0.6 is 0 Å². The molecule has 1 N–H and O–H groups in total. The maximum absolute atomic E-state index is 5.23. The molecule has 2 aromatic heterocycles. The summed E-state index contributed by atoms with van der Waals surface area (Å²) >= 11 is 0. The van der Waals surface area contributed by atoms with Gasteiger partial charge in [-0.25, -0.2) is 0 Å². The number of hydrogen-bond donors (Lipinski definition) is 1. The van der Waals surface area contributed by atoms with Crippen LogP contribution in [0.15, 0.2) is 43.0 Å². The van der Waals surface area contributed by atoms with Crippen molar-refractivity contribution >= 4 is 0 Å². The smallest absolute Gasteiger partial charge is 0.137 e. The highest BCUT2D eigenvalue weighted by molar-refractivity contribution is 5.27. The molecule has 0 aliphatic rings. The van der Waals surface area contributed by atoms with Crippen LogP contribution in [0.4, 0.5) is 0 Å². The molecule has 0 aliphatic heterocycles. The Balaban J connectivity index is 2.19. The Kier molecular flexibility index (Phi) is 4.86. The van der Waals surface area contributed by atoms with E-state index in [4.69, 9.17) is 4.74 Å². The summed E-state index contributed by atoms with van der Waals surface area (Å²) in [5, 5.41) is 3.48. The van der Waals surface area contributed by atoms with Gasteiger partial charge in [0, 0.05) is 24.6 Å². The third-order valence-corrected chi connectivity index (χ3v) is 2.99. The Hall–Kier alpha value is -1.94. The zero-order chi connectivity index (χ0) is 13.5. The fourth-order valence-electron chi connectivity index (χ4n) is 2.05. The third-order valence-electron chi connectivity index (χ3n) is 2.99. The summed E-state index contributed by atoms with van der Waals surface area (Å²) in [5.74, 6) is 0.784. The molecule has 19 heavy (non-hydrogen) atoms. The highest BCUT2D eigenvalue weighted by atomic mass is 16.5. The molecule has 2 aromatic rings. The van der Waals surface area contributed by atoms with E-state index in [1.165, 1.54) is 5.56 Å². The average Bonchev–Trinajstić information content (AvgIpc) is 2.48. The van der Waals surface area contributed by atoms with Gasteiger partial charge in [0.15, 0.2) is 0 Å². The first-order chi connectivity index (χ1) is 9.33. The summed E-state index contributed by atoms with van der Waals surface area (Å²) in [6.07, 6.45) is 8.18. The SMILES string of the molecule is CCNC(Cc1cccnc1)c1cncc(OC)c1. The standard InChI is InChI=1S/C15H19N3O/c1-3-18-15(7-12-5-4-6-16-9-12)13-8-14(19-2)11-17-10-13/h4-6,8-11,15,18H,3,7H2,1-2H3. The van der Waals surface area contributed by atoms with Crippen LogP contribution in [-0.2, 0) is 6.42 Å². The van der Waals surface area contributed by atoms with E-state index in [1.807, 2.05) is 24.5 Å². The molecule has 4 heteroatoms. The molecular formula is C15H19N3O. The van der Waals surface area contributed by atoms with E-state index < -0.39 is 0 Å². The van der Waals surface area contributed by atoms with Crippen molar-refractivity contribution in [1.29, 1.82) is 0 Å². The first kappa shape index (κ1) is 13.5. The fourth-order valence-corrected chi connectivity index (χ4v) is 2.05. The summed E-state index contributed by atoms with van der Waals surface area (Å²) in [4.78, 5) is 8.38. The topological polar surface area (TPSA) is 47.0 Å². The van der Waals surface area contributed by atoms with Gasteiger partial charge in [-0.3, -0.25) is 9.97 Å². The lowest BCUT2D eigenvalue weighted by molar-refractivity contribution is 0.410. The molecule has 100 valence electrons. The van der Waals surface area contributed by atoms with Crippen molar-refractivity contribution in [1.82, 2.24) is 15.3 Å². The van der Waals surface area contributed by atoms with Gasteiger partial charge in [0.1, 0.15) is 5.75 Å². The van der Waals surface area contributed by atoms with Gasteiger partial charge in [-0.2, -0.15) is 0 Å². The minimum atomic E-state index is 0.219. The molecule has 0 spiro atoms. The Morgan fingerprint density at radius 1 is 1.26 bits per heavy atom. The number of ether oxygens (including phenoxy) is 1. The van der Waals surface area contributed by atoms with Crippen molar-refractivity contribution in [3.05, 3.63) is 54.1 Å². The highest BCUT2D eigenvalue weighted by Gasteiger charge is 2.12. The van der Waals surface area contributed by atoms with Gasteiger partial charge in [-0.15, -0.1) is 0 Å². The maximum Gasteiger partial charge on any atom is 0.137 e. The van der Waals surface area contributed by atoms with Crippen molar-refractivity contribution in [2.75, 3.05) is 13.7 Å². The van der Waals surface area contributed by atoms with Crippen LogP contribution in [0, 0.1) is 0 Å². The Labute approximate surface area is 113 Å². The molecule has 0 saturated heterocycles. The van der Waals surface area contributed by atoms with Crippen LogP contribution in [0.3, 0.4) is 0 Å². The molecule has 0 aliphatic carbocycles. The molecule has 2 heterocycles. The summed E-state index contributed by atoms with van der Waals surface area (Å²) in [6, 6.07) is 6.29. The molecule has 4 nitrogen and oxygen atoms in total. The molecule has 2 rings (SSSR count). The van der Waals surface area contributed by atoms with Crippen LogP contribution in [0.1, 0.15) is 24.1 Å². The second kappa shape index (κ2) is 6.85. The molecule has 0 bridgehead atoms. The average molecular weight is 257 g/mol. The van der Waals surface area contributed by atoms with Crippen molar-refractivity contribution in [3.8, 4) is 5.75 Å². The van der Waals surface area contributed by atoms with Crippen LogP contribution < -0.4 is 10.1 Å². The summed E-state index contributed by atoms with van der Waals surface area (Å²) in [7, 11) is 1.66. The van der Waals surface area contributed by atoms with E-state index in [-0.39, 0.29) is 6.04 Å². The number of methoxy groups -OCH3 is 1. The number of rotatable bonds is 6. The van der Waals surface area contributed by atoms with E-state index in [0.717, 1.165) is 24.3 Å². The lowest BCUT2D eigenvalue weighted by atomic mass is 10.0. The number of hydrogen-bond acceptors (Lipinski definition) is 4. The van der Waals surface area contributed by atoms with Crippen molar-refractivity contribution in [2.45, 2.75) is 19.4 Å². The predicted octanol–water partition coefficient (Wildman–Crippen LogP) is 2.38. The minimum absolute atomic E-state index is 0.219. The van der Waals surface area contributed by atoms with Crippen molar-refractivity contribution in [3.63, 3.8) is 0 Å². The molecule has 1 unspecified atom stereocenters. The number of aromatic nitrogens is 2. The Morgan fingerprint density at radius 2 is 2.16 bits per heavy atom. The van der Waals surface area contributed by atoms with Crippen molar-refractivity contribution in [2.24, 2.45) is 0 Å². The first-order valence-corrected chi connectivity index (χ1v) is 6.44. The summed E-state index contributed by atoms with van der Waals surface area (Å²) in [6.45, 7) is 3.01.